The topological polar surface area (TPSA) is 49.8 Å². The highest BCUT2D eigenvalue weighted by molar-refractivity contribution is 7.11. The molecule has 3 rings (SSSR count). The predicted molar refractivity (Wildman–Crippen MR) is 98.4 cm³/mol. The molecule has 0 aliphatic heterocycles. The van der Waals surface area contributed by atoms with Crippen LogP contribution in [0.5, 0.6) is 0 Å². The number of rotatable bonds is 4. The average Bonchev–Trinajstić information content (AvgIpc) is 3.22. The van der Waals surface area contributed by atoms with E-state index >= 15 is 0 Å². The fourth-order valence-electron chi connectivity index (χ4n) is 2.19. The van der Waals surface area contributed by atoms with Crippen LogP contribution in [0, 0.1) is 25.2 Å². The van der Waals surface area contributed by atoms with E-state index < -0.39 is 0 Å². The van der Waals surface area contributed by atoms with Gasteiger partial charge in [-0.15, -0.1) is 11.3 Å². The van der Waals surface area contributed by atoms with E-state index in [0.29, 0.717) is 10.6 Å². The maximum absolute atomic E-state index is 9.39. The van der Waals surface area contributed by atoms with Crippen molar-refractivity contribution < 1.29 is 4.42 Å². The van der Waals surface area contributed by atoms with Crippen molar-refractivity contribution in [3.05, 3.63) is 76.0 Å². The number of aromatic nitrogens is 1. The first-order valence-electron chi connectivity index (χ1n) is 7.53. The van der Waals surface area contributed by atoms with Crippen molar-refractivity contribution in [2.75, 3.05) is 0 Å². The Bertz CT molecular complexity index is 937. The second-order valence-corrected chi connectivity index (χ2v) is 6.26. The third-order valence-electron chi connectivity index (χ3n) is 3.49. The first-order valence-corrected chi connectivity index (χ1v) is 8.41. The summed E-state index contributed by atoms with van der Waals surface area (Å²) in [5, 5.41) is 12.1. The Kier molecular flexibility index (Phi) is 4.74. The molecule has 0 spiro atoms. The molecule has 0 aliphatic rings. The smallest absolute Gasteiger partial charge is 0.134 e. The number of benzene rings is 1. The van der Waals surface area contributed by atoms with E-state index in [1.807, 2.05) is 48.7 Å². The van der Waals surface area contributed by atoms with Crippen LogP contribution in [-0.2, 0) is 0 Å². The van der Waals surface area contributed by atoms with Crippen molar-refractivity contribution in [3.63, 3.8) is 0 Å². The van der Waals surface area contributed by atoms with Gasteiger partial charge < -0.3 is 4.42 Å². The summed E-state index contributed by atoms with van der Waals surface area (Å²) in [4.78, 5) is 4.58. The van der Waals surface area contributed by atoms with Crippen molar-refractivity contribution in [3.8, 4) is 17.3 Å². The summed E-state index contributed by atoms with van der Waals surface area (Å²) in [6, 6.07) is 14.2. The SMILES string of the molecule is Cc1ccc(-c2csc(/C(C#N)=C\C=C\c3ccc(C)o3)n2)cc1. The number of allylic oxidation sites excluding steroid dienone is 3. The summed E-state index contributed by atoms with van der Waals surface area (Å²) in [6.45, 7) is 3.95. The molecule has 0 amide bonds. The van der Waals surface area contributed by atoms with Gasteiger partial charge in [-0.1, -0.05) is 35.9 Å². The molecule has 0 atom stereocenters. The van der Waals surface area contributed by atoms with Crippen LogP contribution in [0.25, 0.3) is 22.9 Å². The molecule has 0 saturated carbocycles. The van der Waals surface area contributed by atoms with Crippen LogP contribution in [-0.4, -0.2) is 4.98 Å². The minimum Gasteiger partial charge on any atom is -0.462 e. The molecule has 24 heavy (non-hydrogen) atoms. The molecule has 3 nitrogen and oxygen atoms in total. The van der Waals surface area contributed by atoms with Gasteiger partial charge in [0.05, 0.1) is 11.3 Å². The van der Waals surface area contributed by atoms with Gasteiger partial charge in [0.15, 0.2) is 0 Å². The molecule has 4 heteroatoms. The Balaban J connectivity index is 1.81. The number of nitriles is 1. The van der Waals surface area contributed by atoms with Gasteiger partial charge >= 0.3 is 0 Å². The third kappa shape index (κ3) is 3.70. The summed E-state index contributed by atoms with van der Waals surface area (Å²) in [5.74, 6) is 1.63. The summed E-state index contributed by atoms with van der Waals surface area (Å²) in [7, 11) is 0. The molecule has 1 aromatic carbocycles. The van der Waals surface area contributed by atoms with Crippen LogP contribution in [0.4, 0.5) is 0 Å². The van der Waals surface area contributed by atoms with Crippen LogP contribution in [0.2, 0.25) is 0 Å². The lowest BCUT2D eigenvalue weighted by Gasteiger charge is -1.97. The van der Waals surface area contributed by atoms with E-state index in [-0.39, 0.29) is 0 Å². The highest BCUT2D eigenvalue weighted by Gasteiger charge is 2.08. The highest BCUT2D eigenvalue weighted by atomic mass is 32.1. The normalized spacial score (nSPS) is 11.8. The lowest BCUT2D eigenvalue weighted by molar-refractivity contribution is 0.525. The zero-order chi connectivity index (χ0) is 16.9. The summed E-state index contributed by atoms with van der Waals surface area (Å²) in [5.41, 5.74) is 3.70. The average molecular weight is 332 g/mol. The number of hydrogen-bond acceptors (Lipinski definition) is 4. The fraction of sp³-hybridized carbons (Fsp3) is 0.100. The molecule has 0 fully saturated rings. The van der Waals surface area contributed by atoms with E-state index in [2.05, 4.69) is 30.1 Å². The molecular formula is C20H16N2OS. The first kappa shape index (κ1) is 16.0. The Morgan fingerprint density at radius 2 is 1.96 bits per heavy atom. The van der Waals surface area contributed by atoms with Crippen molar-refractivity contribution >= 4 is 23.0 Å². The monoisotopic (exact) mass is 332 g/mol. The lowest BCUT2D eigenvalue weighted by Crippen LogP contribution is -1.82. The van der Waals surface area contributed by atoms with Crippen LogP contribution < -0.4 is 0 Å². The molecule has 0 radical (unpaired) electrons. The van der Waals surface area contributed by atoms with E-state index in [1.54, 1.807) is 6.08 Å². The maximum Gasteiger partial charge on any atom is 0.134 e. The predicted octanol–water partition coefficient (Wildman–Crippen LogP) is 5.64. The number of thiazole rings is 1. The summed E-state index contributed by atoms with van der Waals surface area (Å²) < 4.78 is 5.46. The largest absolute Gasteiger partial charge is 0.462 e. The lowest BCUT2D eigenvalue weighted by atomic mass is 10.1. The second kappa shape index (κ2) is 7.12. The number of furan rings is 1. The molecule has 0 bridgehead atoms. The van der Waals surface area contributed by atoms with E-state index in [1.165, 1.54) is 16.9 Å². The van der Waals surface area contributed by atoms with Gasteiger partial charge in [-0.25, -0.2) is 4.98 Å². The molecular weight excluding hydrogens is 316 g/mol. The third-order valence-corrected chi connectivity index (χ3v) is 4.36. The van der Waals surface area contributed by atoms with Crippen LogP contribution >= 0.6 is 11.3 Å². The van der Waals surface area contributed by atoms with Gasteiger partial charge in [-0.3, -0.25) is 0 Å². The molecule has 118 valence electrons. The molecule has 0 aliphatic carbocycles. The Labute approximate surface area is 145 Å². The molecule has 2 aromatic heterocycles. The van der Waals surface area contributed by atoms with E-state index in [9.17, 15) is 5.26 Å². The van der Waals surface area contributed by atoms with Crippen molar-refractivity contribution in [2.24, 2.45) is 0 Å². The van der Waals surface area contributed by atoms with Gasteiger partial charge in [0.1, 0.15) is 22.6 Å². The Morgan fingerprint density at radius 3 is 2.62 bits per heavy atom. The van der Waals surface area contributed by atoms with Gasteiger partial charge in [-0.2, -0.15) is 5.26 Å². The fourth-order valence-corrected chi connectivity index (χ4v) is 3.00. The van der Waals surface area contributed by atoms with E-state index in [0.717, 1.165) is 22.8 Å². The molecule has 2 heterocycles. The quantitative estimate of drug-likeness (QED) is 0.459. The van der Waals surface area contributed by atoms with Crippen molar-refractivity contribution in [1.29, 1.82) is 5.26 Å². The molecule has 3 aromatic rings. The summed E-state index contributed by atoms with van der Waals surface area (Å²) in [6.07, 6.45) is 5.40. The van der Waals surface area contributed by atoms with Crippen LogP contribution in [0.3, 0.4) is 0 Å². The number of aryl methyl sites for hydroxylation is 2. The van der Waals surface area contributed by atoms with Gasteiger partial charge in [0.2, 0.25) is 0 Å². The van der Waals surface area contributed by atoms with Crippen LogP contribution in [0.15, 0.2) is 58.3 Å². The molecule has 0 saturated heterocycles. The highest BCUT2D eigenvalue weighted by Crippen LogP contribution is 2.26. The van der Waals surface area contributed by atoms with Crippen molar-refractivity contribution in [1.82, 2.24) is 4.98 Å². The van der Waals surface area contributed by atoms with Gasteiger partial charge in [0, 0.05) is 10.9 Å². The second-order valence-electron chi connectivity index (χ2n) is 5.40. The first-order chi connectivity index (χ1) is 11.7. The Hall–Kier alpha value is -2.90. The van der Waals surface area contributed by atoms with E-state index in [4.69, 9.17) is 4.42 Å². The zero-order valence-corrected chi connectivity index (χ0v) is 14.3. The van der Waals surface area contributed by atoms with Crippen LogP contribution in [0.1, 0.15) is 22.1 Å². The Morgan fingerprint density at radius 1 is 1.17 bits per heavy atom. The van der Waals surface area contributed by atoms with Gasteiger partial charge in [0.25, 0.3) is 0 Å². The minimum absolute atomic E-state index is 0.540. The van der Waals surface area contributed by atoms with Crippen molar-refractivity contribution in [2.45, 2.75) is 13.8 Å². The zero-order valence-electron chi connectivity index (χ0n) is 13.5. The number of hydrogen-bond donors (Lipinski definition) is 0. The summed E-state index contributed by atoms with van der Waals surface area (Å²) >= 11 is 1.47. The molecule has 0 N–H and O–H groups in total. The minimum atomic E-state index is 0.540. The standard InChI is InChI=1S/C20H16N2OS/c1-14-6-9-16(10-7-14)19-13-24-20(22-19)17(12-21)4-3-5-18-11-8-15(2)23-18/h3-11,13H,1-2H3/b5-3+,17-4-. The maximum atomic E-state index is 9.39. The molecule has 0 unspecified atom stereocenters. The number of nitrogens with zero attached hydrogens (tertiary/aromatic N) is 2. The van der Waals surface area contributed by atoms with Gasteiger partial charge in [-0.05, 0) is 38.1 Å².